The molecule has 0 spiro atoms. The number of benzene rings is 1. The Labute approximate surface area is 125 Å². The van der Waals surface area contributed by atoms with Crippen LogP contribution in [0.5, 0.6) is 5.75 Å². The molecule has 0 amide bonds. The third kappa shape index (κ3) is 4.43. The fourth-order valence-electron chi connectivity index (χ4n) is 2.71. The Hall–Kier alpha value is -1.62. The van der Waals surface area contributed by atoms with Gasteiger partial charge in [0.2, 0.25) is 0 Å². The summed E-state index contributed by atoms with van der Waals surface area (Å²) in [4.78, 5) is 10.8. The molecule has 0 radical (unpaired) electrons. The molecule has 0 saturated heterocycles. The molecule has 0 atom stereocenters. The fourth-order valence-corrected chi connectivity index (χ4v) is 2.71. The van der Waals surface area contributed by atoms with Crippen LogP contribution in [0.3, 0.4) is 0 Å². The van der Waals surface area contributed by atoms with Crippen molar-refractivity contribution in [1.29, 1.82) is 0 Å². The summed E-state index contributed by atoms with van der Waals surface area (Å²) in [5.41, 5.74) is 1.08. The van der Waals surface area contributed by atoms with E-state index in [4.69, 9.17) is 4.74 Å². The van der Waals surface area contributed by atoms with Crippen LogP contribution in [0.2, 0.25) is 0 Å². The highest BCUT2D eigenvalue weighted by molar-refractivity contribution is 5.48. The molecule has 0 heterocycles. The van der Waals surface area contributed by atoms with Gasteiger partial charge in [-0.1, -0.05) is 19.9 Å². The van der Waals surface area contributed by atoms with Crippen molar-refractivity contribution in [2.24, 2.45) is 5.92 Å². The molecule has 1 aliphatic carbocycles. The van der Waals surface area contributed by atoms with E-state index in [1.54, 1.807) is 18.2 Å². The fraction of sp³-hybridized carbons (Fsp3) is 0.625. The van der Waals surface area contributed by atoms with E-state index in [-0.39, 0.29) is 16.7 Å². The normalized spacial score (nSPS) is 22.0. The molecule has 21 heavy (non-hydrogen) atoms. The summed E-state index contributed by atoms with van der Waals surface area (Å²) in [5, 5.41) is 14.4. The van der Waals surface area contributed by atoms with E-state index in [0.29, 0.717) is 12.3 Å². The van der Waals surface area contributed by atoms with Gasteiger partial charge >= 0.3 is 5.69 Å². The summed E-state index contributed by atoms with van der Waals surface area (Å²) in [5.74, 6) is 1.15. The van der Waals surface area contributed by atoms with Crippen LogP contribution in [0.1, 0.15) is 45.1 Å². The Morgan fingerprint density at radius 1 is 1.33 bits per heavy atom. The molecule has 0 aliphatic heterocycles. The van der Waals surface area contributed by atoms with Crippen LogP contribution in [-0.2, 0) is 6.54 Å². The van der Waals surface area contributed by atoms with E-state index in [2.05, 4.69) is 12.2 Å². The zero-order valence-corrected chi connectivity index (χ0v) is 12.8. The highest BCUT2D eigenvalue weighted by atomic mass is 16.6. The van der Waals surface area contributed by atoms with Crippen LogP contribution in [0.15, 0.2) is 18.2 Å². The van der Waals surface area contributed by atoms with E-state index in [1.807, 2.05) is 6.92 Å². The molecule has 2 rings (SSSR count). The van der Waals surface area contributed by atoms with Gasteiger partial charge < -0.3 is 10.1 Å². The summed E-state index contributed by atoms with van der Waals surface area (Å²) >= 11 is 0. The summed E-state index contributed by atoms with van der Waals surface area (Å²) in [6.45, 7) is 5.85. The maximum Gasteiger partial charge on any atom is 0.310 e. The van der Waals surface area contributed by atoms with Crippen molar-refractivity contribution < 1.29 is 9.66 Å². The van der Waals surface area contributed by atoms with Crippen molar-refractivity contribution >= 4 is 5.69 Å². The predicted octanol–water partition coefficient (Wildman–Crippen LogP) is 3.66. The number of nitrogens with one attached hydrogen (secondary N) is 1. The number of nitro benzene ring substituents is 1. The number of hydrogen-bond acceptors (Lipinski definition) is 4. The molecule has 1 fully saturated rings. The molecule has 1 aromatic carbocycles. The van der Waals surface area contributed by atoms with Gasteiger partial charge in [0.15, 0.2) is 5.75 Å². The van der Waals surface area contributed by atoms with Crippen molar-refractivity contribution in [3.05, 3.63) is 33.9 Å². The van der Waals surface area contributed by atoms with Gasteiger partial charge in [0.1, 0.15) is 0 Å². The second-order valence-corrected chi connectivity index (χ2v) is 5.84. The molecular weight excluding hydrogens is 268 g/mol. The third-order valence-electron chi connectivity index (χ3n) is 4.06. The number of rotatable bonds is 6. The highest BCUT2D eigenvalue weighted by Crippen LogP contribution is 2.33. The maximum absolute atomic E-state index is 11.2. The first-order valence-electron chi connectivity index (χ1n) is 7.74. The zero-order chi connectivity index (χ0) is 15.2. The minimum atomic E-state index is -0.363. The highest BCUT2D eigenvalue weighted by Gasteiger charge is 2.23. The Balaban J connectivity index is 2.12. The first-order chi connectivity index (χ1) is 10.1. The van der Waals surface area contributed by atoms with Gasteiger partial charge in [-0.2, -0.15) is 0 Å². The van der Waals surface area contributed by atoms with E-state index in [0.717, 1.165) is 43.7 Å². The second-order valence-electron chi connectivity index (χ2n) is 5.84. The standard InChI is InChI=1S/C16H24N2O3/c1-3-17-11-13-6-9-15(18(19)20)16(10-13)21-14-7-4-12(2)5-8-14/h6,9-10,12,14,17H,3-5,7-8,11H2,1-2H3. The molecule has 0 aromatic heterocycles. The lowest BCUT2D eigenvalue weighted by atomic mass is 9.89. The first kappa shape index (κ1) is 15.8. The third-order valence-corrected chi connectivity index (χ3v) is 4.06. The SMILES string of the molecule is CCNCc1ccc([N+](=O)[O-])c(OC2CCC(C)CC2)c1. The molecule has 1 aliphatic rings. The molecular formula is C16H24N2O3. The van der Waals surface area contributed by atoms with Gasteiger partial charge in [-0.15, -0.1) is 0 Å². The lowest BCUT2D eigenvalue weighted by Gasteiger charge is -2.26. The number of nitro groups is 1. The van der Waals surface area contributed by atoms with Gasteiger partial charge in [-0.25, -0.2) is 0 Å². The lowest BCUT2D eigenvalue weighted by molar-refractivity contribution is -0.386. The molecule has 1 saturated carbocycles. The van der Waals surface area contributed by atoms with E-state index >= 15 is 0 Å². The van der Waals surface area contributed by atoms with Crippen molar-refractivity contribution in [2.75, 3.05) is 6.54 Å². The average Bonchev–Trinajstić information content (AvgIpc) is 2.47. The number of hydrogen-bond donors (Lipinski definition) is 1. The molecule has 5 heteroatoms. The summed E-state index contributed by atoms with van der Waals surface area (Å²) in [6, 6.07) is 5.14. The van der Waals surface area contributed by atoms with Crippen LogP contribution in [0.4, 0.5) is 5.69 Å². The van der Waals surface area contributed by atoms with Gasteiger partial charge in [-0.3, -0.25) is 10.1 Å². The molecule has 0 unspecified atom stereocenters. The van der Waals surface area contributed by atoms with E-state index in [1.165, 1.54) is 0 Å². The first-order valence-corrected chi connectivity index (χ1v) is 7.74. The van der Waals surface area contributed by atoms with Crippen LogP contribution in [-0.4, -0.2) is 17.6 Å². The van der Waals surface area contributed by atoms with Gasteiger partial charge in [-0.05, 0) is 49.8 Å². The van der Waals surface area contributed by atoms with Crippen LogP contribution >= 0.6 is 0 Å². The summed E-state index contributed by atoms with van der Waals surface area (Å²) in [7, 11) is 0. The second kappa shape index (κ2) is 7.41. The van der Waals surface area contributed by atoms with Crippen LogP contribution < -0.4 is 10.1 Å². The Morgan fingerprint density at radius 2 is 2.05 bits per heavy atom. The van der Waals surface area contributed by atoms with Gasteiger partial charge in [0.05, 0.1) is 11.0 Å². The van der Waals surface area contributed by atoms with Crippen molar-refractivity contribution in [3.63, 3.8) is 0 Å². The van der Waals surface area contributed by atoms with Crippen LogP contribution in [0, 0.1) is 16.0 Å². The molecule has 116 valence electrons. The quantitative estimate of drug-likeness (QED) is 0.642. The predicted molar refractivity (Wildman–Crippen MR) is 82.5 cm³/mol. The average molecular weight is 292 g/mol. The number of ether oxygens (including phenoxy) is 1. The molecule has 1 aromatic rings. The topological polar surface area (TPSA) is 64.4 Å². The lowest BCUT2D eigenvalue weighted by Crippen LogP contribution is -2.23. The Morgan fingerprint density at radius 3 is 2.67 bits per heavy atom. The van der Waals surface area contributed by atoms with Crippen molar-refractivity contribution in [1.82, 2.24) is 5.32 Å². The van der Waals surface area contributed by atoms with Gasteiger partial charge in [0.25, 0.3) is 0 Å². The summed E-state index contributed by atoms with van der Waals surface area (Å²) < 4.78 is 5.95. The van der Waals surface area contributed by atoms with E-state index < -0.39 is 0 Å². The van der Waals surface area contributed by atoms with Gasteiger partial charge in [0, 0.05) is 12.6 Å². The molecule has 1 N–H and O–H groups in total. The van der Waals surface area contributed by atoms with Crippen molar-refractivity contribution in [2.45, 2.75) is 52.2 Å². The monoisotopic (exact) mass is 292 g/mol. The zero-order valence-electron chi connectivity index (χ0n) is 12.8. The molecule has 5 nitrogen and oxygen atoms in total. The minimum Gasteiger partial charge on any atom is -0.483 e. The van der Waals surface area contributed by atoms with Crippen molar-refractivity contribution in [3.8, 4) is 5.75 Å². The Kier molecular flexibility index (Phi) is 5.56. The maximum atomic E-state index is 11.2. The van der Waals surface area contributed by atoms with E-state index in [9.17, 15) is 10.1 Å². The van der Waals surface area contributed by atoms with Crippen LogP contribution in [0.25, 0.3) is 0 Å². The Bertz CT molecular complexity index is 482. The molecule has 0 bridgehead atoms. The minimum absolute atomic E-state index is 0.0638. The summed E-state index contributed by atoms with van der Waals surface area (Å²) in [6.07, 6.45) is 4.34. The number of nitrogens with zero attached hydrogens (tertiary/aromatic N) is 1. The largest absolute Gasteiger partial charge is 0.483 e. The smallest absolute Gasteiger partial charge is 0.310 e.